The number of hydrogen-bond donors (Lipinski definition) is 1. The summed E-state index contributed by atoms with van der Waals surface area (Å²) in [6.45, 7) is 2.96. The van der Waals surface area contributed by atoms with Crippen LogP contribution in [0.25, 0.3) is 0 Å². The van der Waals surface area contributed by atoms with Gasteiger partial charge in [-0.05, 0) is 12.0 Å². The lowest BCUT2D eigenvalue weighted by molar-refractivity contribution is 0.0544. The van der Waals surface area contributed by atoms with E-state index in [0.717, 1.165) is 18.6 Å². The Morgan fingerprint density at radius 1 is 1.13 bits per heavy atom. The number of benzene rings is 1. The molecule has 0 aliphatic rings. The van der Waals surface area contributed by atoms with Crippen molar-refractivity contribution in [2.24, 2.45) is 5.73 Å². The predicted molar refractivity (Wildman–Crippen MR) is 63.5 cm³/mol. The molecule has 0 saturated heterocycles. The Balaban J connectivity index is 2.16. The highest BCUT2D eigenvalue weighted by molar-refractivity contribution is 5.16. The van der Waals surface area contributed by atoms with Crippen LogP contribution in [0.1, 0.15) is 44.4 Å². The van der Waals surface area contributed by atoms with E-state index in [9.17, 15) is 0 Å². The molecule has 0 bridgehead atoms. The van der Waals surface area contributed by atoms with E-state index >= 15 is 0 Å². The third-order valence-electron chi connectivity index (χ3n) is 2.42. The minimum absolute atomic E-state index is 0.271. The molecule has 1 rings (SSSR count). The van der Waals surface area contributed by atoms with Crippen molar-refractivity contribution in [2.75, 3.05) is 6.61 Å². The smallest absolute Gasteiger partial charge is 0.131 e. The highest BCUT2D eigenvalue weighted by atomic mass is 16.5. The molecule has 0 fully saturated rings. The normalized spacial score (nSPS) is 12.7. The minimum Gasteiger partial charge on any atom is -0.359 e. The Kier molecular flexibility index (Phi) is 6.05. The first-order valence-electron chi connectivity index (χ1n) is 5.76. The molecule has 2 heteroatoms. The van der Waals surface area contributed by atoms with Crippen molar-refractivity contribution in [3.8, 4) is 0 Å². The van der Waals surface area contributed by atoms with E-state index in [2.05, 4.69) is 6.92 Å². The Labute approximate surface area is 92.4 Å². The maximum Gasteiger partial charge on any atom is 0.131 e. The van der Waals surface area contributed by atoms with Gasteiger partial charge in [0.2, 0.25) is 0 Å². The second-order valence-electron chi connectivity index (χ2n) is 3.76. The summed E-state index contributed by atoms with van der Waals surface area (Å²) in [5.74, 6) is 0. The molecule has 1 aromatic rings. The van der Waals surface area contributed by atoms with Gasteiger partial charge < -0.3 is 10.5 Å². The molecule has 0 heterocycles. The first kappa shape index (κ1) is 12.2. The largest absolute Gasteiger partial charge is 0.359 e. The first-order chi connectivity index (χ1) is 7.34. The highest BCUT2D eigenvalue weighted by Crippen LogP contribution is 2.11. The third-order valence-corrected chi connectivity index (χ3v) is 2.42. The zero-order valence-corrected chi connectivity index (χ0v) is 9.49. The molecule has 0 saturated carbocycles. The summed E-state index contributed by atoms with van der Waals surface area (Å²) in [6, 6.07) is 9.94. The van der Waals surface area contributed by atoms with Crippen LogP contribution in [0, 0.1) is 0 Å². The molecule has 0 aromatic heterocycles. The van der Waals surface area contributed by atoms with Crippen molar-refractivity contribution in [3.05, 3.63) is 35.9 Å². The van der Waals surface area contributed by atoms with Crippen molar-refractivity contribution in [1.82, 2.24) is 0 Å². The molecule has 1 unspecified atom stereocenters. The summed E-state index contributed by atoms with van der Waals surface area (Å²) in [5.41, 5.74) is 6.94. The van der Waals surface area contributed by atoms with E-state index in [1.807, 2.05) is 30.3 Å². The molecule has 2 nitrogen and oxygen atoms in total. The zero-order valence-electron chi connectivity index (χ0n) is 9.49. The number of unbranched alkanes of at least 4 members (excludes halogenated alkanes) is 3. The Hall–Kier alpha value is -0.860. The number of rotatable bonds is 7. The lowest BCUT2D eigenvalue weighted by atomic mass is 10.2. The van der Waals surface area contributed by atoms with Gasteiger partial charge in [-0.3, -0.25) is 0 Å². The SMILES string of the molecule is CCCCCCOC(N)c1ccccc1. The number of nitrogens with two attached hydrogens (primary N) is 1. The molecule has 2 N–H and O–H groups in total. The number of hydrogen-bond acceptors (Lipinski definition) is 2. The number of ether oxygens (including phenoxy) is 1. The molecule has 0 aliphatic carbocycles. The van der Waals surface area contributed by atoms with E-state index in [1.54, 1.807) is 0 Å². The van der Waals surface area contributed by atoms with Crippen LogP contribution in [0.5, 0.6) is 0 Å². The van der Waals surface area contributed by atoms with Gasteiger partial charge in [0.05, 0.1) is 0 Å². The molecule has 1 atom stereocenters. The molecule has 1 aromatic carbocycles. The highest BCUT2D eigenvalue weighted by Gasteiger charge is 2.03. The van der Waals surface area contributed by atoms with Crippen LogP contribution in [0.4, 0.5) is 0 Å². The summed E-state index contributed by atoms with van der Waals surface area (Å²) in [7, 11) is 0. The standard InChI is InChI=1S/C13H21NO/c1-2-3-4-8-11-15-13(14)12-9-6-5-7-10-12/h5-7,9-10,13H,2-4,8,11,14H2,1H3. The van der Waals surface area contributed by atoms with E-state index < -0.39 is 0 Å². The van der Waals surface area contributed by atoms with E-state index in [4.69, 9.17) is 10.5 Å². The van der Waals surface area contributed by atoms with Crippen molar-refractivity contribution < 1.29 is 4.74 Å². The van der Waals surface area contributed by atoms with E-state index in [0.29, 0.717) is 0 Å². The monoisotopic (exact) mass is 207 g/mol. The van der Waals surface area contributed by atoms with Crippen LogP contribution in [0.3, 0.4) is 0 Å². The molecule has 84 valence electrons. The van der Waals surface area contributed by atoms with Gasteiger partial charge in [0.1, 0.15) is 6.23 Å². The van der Waals surface area contributed by atoms with E-state index in [1.165, 1.54) is 19.3 Å². The summed E-state index contributed by atoms with van der Waals surface area (Å²) >= 11 is 0. The molecular formula is C13H21NO. The molecule has 0 amide bonds. The minimum atomic E-state index is -0.271. The van der Waals surface area contributed by atoms with Gasteiger partial charge in [0, 0.05) is 6.61 Å². The third kappa shape index (κ3) is 4.96. The van der Waals surface area contributed by atoms with Gasteiger partial charge in [-0.25, -0.2) is 0 Å². The molecule has 0 radical (unpaired) electrons. The second-order valence-corrected chi connectivity index (χ2v) is 3.76. The molecule has 15 heavy (non-hydrogen) atoms. The van der Waals surface area contributed by atoms with Crippen molar-refractivity contribution in [2.45, 2.75) is 38.8 Å². The summed E-state index contributed by atoms with van der Waals surface area (Å²) in [4.78, 5) is 0. The summed E-state index contributed by atoms with van der Waals surface area (Å²) < 4.78 is 5.55. The average Bonchev–Trinajstić information content (AvgIpc) is 2.30. The van der Waals surface area contributed by atoms with Crippen LogP contribution >= 0.6 is 0 Å². The van der Waals surface area contributed by atoms with Gasteiger partial charge in [-0.1, -0.05) is 56.5 Å². The van der Waals surface area contributed by atoms with Gasteiger partial charge in [0.15, 0.2) is 0 Å². The van der Waals surface area contributed by atoms with Crippen LogP contribution in [0.15, 0.2) is 30.3 Å². The fourth-order valence-corrected chi connectivity index (χ4v) is 1.48. The van der Waals surface area contributed by atoms with Crippen molar-refractivity contribution in [3.63, 3.8) is 0 Å². The second kappa shape index (κ2) is 7.43. The Bertz CT molecular complexity index is 248. The van der Waals surface area contributed by atoms with E-state index in [-0.39, 0.29) is 6.23 Å². The fourth-order valence-electron chi connectivity index (χ4n) is 1.48. The first-order valence-corrected chi connectivity index (χ1v) is 5.76. The lowest BCUT2D eigenvalue weighted by Gasteiger charge is -2.12. The summed E-state index contributed by atoms with van der Waals surface area (Å²) in [5, 5.41) is 0. The van der Waals surface area contributed by atoms with Crippen LogP contribution in [0.2, 0.25) is 0 Å². The zero-order chi connectivity index (χ0) is 10.9. The fraction of sp³-hybridized carbons (Fsp3) is 0.538. The van der Waals surface area contributed by atoms with Gasteiger partial charge in [0.25, 0.3) is 0 Å². The van der Waals surface area contributed by atoms with Crippen molar-refractivity contribution >= 4 is 0 Å². The predicted octanol–water partition coefficient (Wildman–Crippen LogP) is 3.24. The van der Waals surface area contributed by atoms with Crippen LogP contribution < -0.4 is 5.73 Å². The van der Waals surface area contributed by atoms with Crippen LogP contribution in [-0.2, 0) is 4.74 Å². The molecule has 0 aliphatic heterocycles. The Morgan fingerprint density at radius 2 is 1.87 bits per heavy atom. The summed E-state index contributed by atoms with van der Waals surface area (Å²) in [6.07, 6.45) is 4.61. The quantitative estimate of drug-likeness (QED) is 0.550. The average molecular weight is 207 g/mol. The lowest BCUT2D eigenvalue weighted by Crippen LogP contribution is -2.14. The van der Waals surface area contributed by atoms with Gasteiger partial charge in [-0.2, -0.15) is 0 Å². The molecular weight excluding hydrogens is 186 g/mol. The van der Waals surface area contributed by atoms with Crippen molar-refractivity contribution in [1.29, 1.82) is 0 Å². The topological polar surface area (TPSA) is 35.2 Å². The Morgan fingerprint density at radius 3 is 2.53 bits per heavy atom. The van der Waals surface area contributed by atoms with Gasteiger partial charge in [-0.15, -0.1) is 0 Å². The molecule has 0 spiro atoms. The van der Waals surface area contributed by atoms with Gasteiger partial charge >= 0.3 is 0 Å². The van der Waals surface area contributed by atoms with Crippen LogP contribution in [-0.4, -0.2) is 6.61 Å². The maximum absolute atomic E-state index is 5.89. The maximum atomic E-state index is 5.89.